The minimum absolute atomic E-state index is 0.0993. The van der Waals surface area contributed by atoms with E-state index in [-0.39, 0.29) is 5.57 Å². The van der Waals surface area contributed by atoms with Gasteiger partial charge < -0.3 is 5.73 Å². The Hall–Kier alpha value is -2.26. The number of hydrogen-bond acceptors (Lipinski definition) is 3. The number of nitrogen functional groups attached to an aromatic ring is 1. The van der Waals surface area contributed by atoms with E-state index in [0.29, 0.717) is 0 Å². The lowest BCUT2D eigenvalue weighted by Crippen LogP contribution is -1.94. The van der Waals surface area contributed by atoms with Crippen LogP contribution >= 0.6 is 0 Å². The fourth-order valence-corrected chi connectivity index (χ4v) is 1.26. The van der Waals surface area contributed by atoms with Crippen molar-refractivity contribution in [3.05, 3.63) is 34.4 Å². The molecule has 0 atom stereocenters. The molecule has 1 rings (SSSR count). The molecule has 0 aliphatic heterocycles. The fourth-order valence-electron chi connectivity index (χ4n) is 1.26. The molecule has 0 heterocycles. The van der Waals surface area contributed by atoms with Crippen LogP contribution in [0.15, 0.2) is 17.7 Å². The number of nitrogens with two attached hydrogens (primary N) is 1. The van der Waals surface area contributed by atoms with Gasteiger partial charge in [-0.1, -0.05) is 6.07 Å². The minimum Gasteiger partial charge on any atom is -0.399 e. The Kier molecular flexibility index (Phi) is 3.10. The molecule has 0 spiro atoms. The normalized spacial score (nSPS) is 8.80. The lowest BCUT2D eigenvalue weighted by molar-refractivity contribution is 1.33. The van der Waals surface area contributed by atoms with Crippen LogP contribution in [0.3, 0.4) is 0 Å². The summed E-state index contributed by atoms with van der Waals surface area (Å²) < 4.78 is 0. The van der Waals surface area contributed by atoms with Gasteiger partial charge in [-0.05, 0) is 42.7 Å². The maximum atomic E-state index is 8.64. The number of anilines is 1. The van der Waals surface area contributed by atoms with Crippen molar-refractivity contribution in [2.24, 2.45) is 0 Å². The second-order valence-corrected chi connectivity index (χ2v) is 3.28. The first kappa shape index (κ1) is 10.8. The maximum Gasteiger partial charge on any atom is 0.130 e. The summed E-state index contributed by atoms with van der Waals surface area (Å²) >= 11 is 0. The van der Waals surface area contributed by atoms with Gasteiger partial charge in [0.05, 0.1) is 0 Å². The van der Waals surface area contributed by atoms with Crippen molar-refractivity contribution < 1.29 is 0 Å². The molecule has 3 heteroatoms. The molecule has 0 unspecified atom stereocenters. The van der Waals surface area contributed by atoms with Gasteiger partial charge in [0.15, 0.2) is 0 Å². The SMILES string of the molecule is Cc1c(N)ccc(C=C(C#N)C#N)c1C. The van der Waals surface area contributed by atoms with E-state index in [1.54, 1.807) is 12.1 Å². The zero-order valence-electron chi connectivity index (χ0n) is 8.70. The van der Waals surface area contributed by atoms with Gasteiger partial charge in [0.25, 0.3) is 0 Å². The average molecular weight is 197 g/mol. The van der Waals surface area contributed by atoms with E-state index in [1.165, 1.54) is 0 Å². The van der Waals surface area contributed by atoms with Gasteiger partial charge in [0.1, 0.15) is 17.7 Å². The van der Waals surface area contributed by atoms with Crippen molar-refractivity contribution in [2.75, 3.05) is 5.73 Å². The minimum atomic E-state index is 0.0993. The summed E-state index contributed by atoms with van der Waals surface area (Å²) in [5, 5.41) is 17.3. The molecule has 0 saturated heterocycles. The van der Waals surface area contributed by atoms with Gasteiger partial charge in [-0.15, -0.1) is 0 Å². The smallest absolute Gasteiger partial charge is 0.130 e. The van der Waals surface area contributed by atoms with Crippen molar-refractivity contribution in [2.45, 2.75) is 13.8 Å². The predicted octanol–water partition coefficient (Wildman–Crippen LogP) is 2.32. The third-order valence-corrected chi connectivity index (χ3v) is 2.41. The predicted molar refractivity (Wildman–Crippen MR) is 59.5 cm³/mol. The molecule has 0 amide bonds. The van der Waals surface area contributed by atoms with Crippen LogP contribution in [0.5, 0.6) is 0 Å². The molecule has 1 aromatic carbocycles. The van der Waals surface area contributed by atoms with Crippen molar-refractivity contribution >= 4 is 11.8 Å². The molecule has 1 aromatic rings. The van der Waals surface area contributed by atoms with E-state index in [9.17, 15) is 0 Å². The van der Waals surface area contributed by atoms with Crippen LogP contribution in [0, 0.1) is 36.5 Å². The number of hydrogen-bond donors (Lipinski definition) is 1. The zero-order valence-corrected chi connectivity index (χ0v) is 8.70. The number of benzene rings is 1. The molecular formula is C12H11N3. The number of rotatable bonds is 1. The number of nitrogens with zero attached hydrogens (tertiary/aromatic N) is 2. The topological polar surface area (TPSA) is 73.6 Å². The van der Waals surface area contributed by atoms with Crippen molar-refractivity contribution in [1.82, 2.24) is 0 Å². The van der Waals surface area contributed by atoms with Crippen LogP contribution in [-0.4, -0.2) is 0 Å². The third-order valence-electron chi connectivity index (χ3n) is 2.41. The van der Waals surface area contributed by atoms with E-state index in [0.717, 1.165) is 22.4 Å². The van der Waals surface area contributed by atoms with Gasteiger partial charge in [-0.3, -0.25) is 0 Å². The highest BCUT2D eigenvalue weighted by atomic mass is 14.6. The lowest BCUT2D eigenvalue weighted by atomic mass is 10.0. The van der Waals surface area contributed by atoms with E-state index in [4.69, 9.17) is 16.3 Å². The summed E-state index contributed by atoms with van der Waals surface area (Å²) in [7, 11) is 0. The van der Waals surface area contributed by atoms with Crippen LogP contribution < -0.4 is 5.73 Å². The first-order chi connectivity index (χ1) is 7.10. The first-order valence-corrected chi connectivity index (χ1v) is 4.47. The fraction of sp³-hybridized carbons (Fsp3) is 0.167. The Labute approximate surface area is 89.1 Å². The summed E-state index contributed by atoms with van der Waals surface area (Å²) in [4.78, 5) is 0. The Morgan fingerprint density at radius 3 is 2.33 bits per heavy atom. The molecule has 0 fully saturated rings. The monoisotopic (exact) mass is 197 g/mol. The van der Waals surface area contributed by atoms with Gasteiger partial charge in [-0.25, -0.2) is 0 Å². The first-order valence-electron chi connectivity index (χ1n) is 4.47. The second kappa shape index (κ2) is 4.30. The molecule has 0 aliphatic carbocycles. The van der Waals surface area contributed by atoms with E-state index in [1.807, 2.05) is 32.1 Å². The molecule has 74 valence electrons. The number of allylic oxidation sites excluding steroid dienone is 1. The molecule has 15 heavy (non-hydrogen) atoms. The third kappa shape index (κ3) is 2.15. The molecule has 0 radical (unpaired) electrons. The van der Waals surface area contributed by atoms with Crippen molar-refractivity contribution in [3.63, 3.8) is 0 Å². The summed E-state index contributed by atoms with van der Waals surface area (Å²) in [6, 6.07) is 7.25. The van der Waals surface area contributed by atoms with Gasteiger partial charge >= 0.3 is 0 Å². The van der Waals surface area contributed by atoms with Crippen molar-refractivity contribution in [1.29, 1.82) is 10.5 Å². The Balaban J connectivity index is 3.32. The summed E-state index contributed by atoms with van der Waals surface area (Å²) in [6.07, 6.45) is 1.57. The Morgan fingerprint density at radius 2 is 1.80 bits per heavy atom. The quantitative estimate of drug-likeness (QED) is 0.554. The molecule has 0 aromatic heterocycles. The highest BCUT2D eigenvalue weighted by Gasteiger charge is 2.03. The molecule has 2 N–H and O–H groups in total. The Morgan fingerprint density at radius 1 is 1.20 bits per heavy atom. The van der Waals surface area contributed by atoms with Crippen LogP contribution in [0.1, 0.15) is 16.7 Å². The van der Waals surface area contributed by atoms with Gasteiger partial charge in [0.2, 0.25) is 0 Å². The van der Waals surface area contributed by atoms with Crippen LogP contribution in [0.4, 0.5) is 5.69 Å². The largest absolute Gasteiger partial charge is 0.399 e. The van der Waals surface area contributed by atoms with E-state index < -0.39 is 0 Å². The summed E-state index contributed by atoms with van der Waals surface area (Å²) in [6.45, 7) is 3.84. The van der Waals surface area contributed by atoms with Crippen LogP contribution in [-0.2, 0) is 0 Å². The van der Waals surface area contributed by atoms with Crippen LogP contribution in [0.25, 0.3) is 6.08 Å². The zero-order chi connectivity index (χ0) is 11.4. The highest BCUT2D eigenvalue weighted by molar-refractivity contribution is 5.68. The molecule has 3 nitrogen and oxygen atoms in total. The molecule has 0 aliphatic rings. The van der Waals surface area contributed by atoms with Crippen LogP contribution in [0.2, 0.25) is 0 Å². The maximum absolute atomic E-state index is 8.64. The molecule has 0 bridgehead atoms. The van der Waals surface area contributed by atoms with Gasteiger partial charge in [0, 0.05) is 5.69 Å². The standard InChI is InChI=1S/C12H11N3/c1-8-9(2)12(15)4-3-11(8)5-10(6-13)7-14/h3-5H,15H2,1-2H3. The van der Waals surface area contributed by atoms with Gasteiger partial charge in [-0.2, -0.15) is 10.5 Å². The highest BCUT2D eigenvalue weighted by Crippen LogP contribution is 2.21. The summed E-state index contributed by atoms with van der Waals surface area (Å²) in [5.74, 6) is 0. The van der Waals surface area contributed by atoms with E-state index >= 15 is 0 Å². The molecule has 0 saturated carbocycles. The lowest BCUT2D eigenvalue weighted by Gasteiger charge is -2.07. The Bertz CT molecular complexity index is 483. The summed E-state index contributed by atoms with van der Waals surface area (Å²) in [5.41, 5.74) is 9.40. The molecular weight excluding hydrogens is 186 g/mol. The van der Waals surface area contributed by atoms with Crippen molar-refractivity contribution in [3.8, 4) is 12.1 Å². The number of nitriles is 2. The average Bonchev–Trinajstić information content (AvgIpc) is 2.25. The van der Waals surface area contributed by atoms with E-state index in [2.05, 4.69) is 0 Å². The second-order valence-electron chi connectivity index (χ2n) is 3.28.